The van der Waals surface area contributed by atoms with Crippen molar-refractivity contribution in [3.63, 3.8) is 0 Å². The minimum absolute atomic E-state index is 0.0682. The van der Waals surface area contributed by atoms with E-state index in [1.165, 1.54) is 10.8 Å². The van der Waals surface area contributed by atoms with Crippen molar-refractivity contribution >= 4 is 17.8 Å². The van der Waals surface area contributed by atoms with Gasteiger partial charge in [-0.05, 0) is 51.8 Å². The highest BCUT2D eigenvalue weighted by molar-refractivity contribution is 5.76. The van der Waals surface area contributed by atoms with Gasteiger partial charge in [-0.3, -0.25) is 24.6 Å². The third kappa shape index (κ3) is 6.66. The van der Waals surface area contributed by atoms with Gasteiger partial charge in [0.05, 0.1) is 0 Å². The molecule has 0 unspecified atom stereocenters. The van der Waals surface area contributed by atoms with Crippen molar-refractivity contribution in [3.8, 4) is 0 Å². The summed E-state index contributed by atoms with van der Waals surface area (Å²) in [4.78, 5) is 46.0. The van der Waals surface area contributed by atoms with Crippen LogP contribution in [0.3, 0.4) is 0 Å². The van der Waals surface area contributed by atoms with Crippen LogP contribution in [0.2, 0.25) is 0 Å². The first-order valence-electron chi connectivity index (χ1n) is 10.2. The van der Waals surface area contributed by atoms with E-state index in [2.05, 4.69) is 27.3 Å². The Labute approximate surface area is 187 Å². The Hall–Kier alpha value is -3.69. The Balaban J connectivity index is 2.09. The number of hydrazine groups is 1. The number of carbonyl (C=O) groups excluding carboxylic acids is 2. The van der Waals surface area contributed by atoms with Gasteiger partial charge in [-0.2, -0.15) is 0 Å². The Morgan fingerprint density at radius 2 is 1.97 bits per heavy atom. The summed E-state index contributed by atoms with van der Waals surface area (Å²) in [5.74, 6) is -0.420. The second kappa shape index (κ2) is 11.1. The average Bonchev–Trinajstić information content (AvgIpc) is 2.74. The highest BCUT2D eigenvalue weighted by Gasteiger charge is 2.18. The zero-order valence-electron chi connectivity index (χ0n) is 19.2. The largest absolute Gasteiger partial charge is 0.444 e. The van der Waals surface area contributed by atoms with E-state index in [1.807, 2.05) is 26.0 Å². The SMILES string of the molecule is C=C(C)COC(=O)N(CC)Nc1ncc(C)n(CC(=O)NCc2ccc(C)nc2C)c1=O. The van der Waals surface area contributed by atoms with E-state index in [9.17, 15) is 14.4 Å². The molecule has 0 spiro atoms. The maximum absolute atomic E-state index is 12.9. The molecule has 0 aliphatic carbocycles. The van der Waals surface area contributed by atoms with E-state index in [0.29, 0.717) is 17.8 Å². The maximum Gasteiger partial charge on any atom is 0.428 e. The van der Waals surface area contributed by atoms with Gasteiger partial charge in [0.15, 0.2) is 0 Å². The molecule has 0 radical (unpaired) electrons. The molecule has 0 atom stereocenters. The van der Waals surface area contributed by atoms with E-state index in [1.54, 1.807) is 20.8 Å². The molecule has 2 heterocycles. The number of anilines is 1. The van der Waals surface area contributed by atoms with Crippen LogP contribution in [0.5, 0.6) is 0 Å². The summed E-state index contributed by atoms with van der Waals surface area (Å²) in [5.41, 5.74) is 5.99. The predicted octanol–water partition coefficient (Wildman–Crippen LogP) is 2.24. The molecule has 0 aromatic carbocycles. The lowest BCUT2D eigenvalue weighted by Crippen LogP contribution is -2.41. The van der Waals surface area contributed by atoms with Gasteiger partial charge in [0.2, 0.25) is 11.7 Å². The first-order chi connectivity index (χ1) is 15.1. The number of ether oxygens (including phenoxy) is 1. The Morgan fingerprint density at radius 3 is 2.59 bits per heavy atom. The number of amides is 2. The average molecular weight is 443 g/mol. The molecule has 10 heteroatoms. The van der Waals surface area contributed by atoms with Crippen molar-refractivity contribution in [3.05, 3.63) is 63.5 Å². The fourth-order valence-corrected chi connectivity index (χ4v) is 2.78. The lowest BCUT2D eigenvalue weighted by molar-refractivity contribution is -0.121. The van der Waals surface area contributed by atoms with Crippen LogP contribution in [0.25, 0.3) is 0 Å². The van der Waals surface area contributed by atoms with Crippen molar-refractivity contribution in [2.45, 2.75) is 47.7 Å². The summed E-state index contributed by atoms with van der Waals surface area (Å²) in [6, 6.07) is 3.79. The van der Waals surface area contributed by atoms with Crippen LogP contribution in [0, 0.1) is 20.8 Å². The van der Waals surface area contributed by atoms with Crippen LogP contribution in [0.15, 0.2) is 35.3 Å². The number of hydrogen-bond donors (Lipinski definition) is 2. The summed E-state index contributed by atoms with van der Waals surface area (Å²) in [6.45, 7) is 13.0. The molecule has 0 saturated heterocycles. The van der Waals surface area contributed by atoms with Crippen LogP contribution in [0.1, 0.15) is 36.5 Å². The smallest absolute Gasteiger partial charge is 0.428 e. The number of nitrogens with zero attached hydrogens (tertiary/aromatic N) is 4. The van der Waals surface area contributed by atoms with E-state index in [4.69, 9.17) is 4.74 Å². The van der Waals surface area contributed by atoms with Gasteiger partial charge in [-0.25, -0.2) is 14.8 Å². The highest BCUT2D eigenvalue weighted by atomic mass is 16.6. The van der Waals surface area contributed by atoms with Gasteiger partial charge in [-0.15, -0.1) is 0 Å². The molecule has 32 heavy (non-hydrogen) atoms. The minimum atomic E-state index is -0.663. The lowest BCUT2D eigenvalue weighted by atomic mass is 10.2. The Morgan fingerprint density at radius 1 is 1.25 bits per heavy atom. The summed E-state index contributed by atoms with van der Waals surface area (Å²) in [6.07, 6.45) is 0.793. The molecular formula is C22H30N6O4. The zero-order valence-corrected chi connectivity index (χ0v) is 19.2. The Bertz CT molecular complexity index is 1060. The van der Waals surface area contributed by atoms with Crippen molar-refractivity contribution in [1.29, 1.82) is 0 Å². The summed E-state index contributed by atoms with van der Waals surface area (Å²) >= 11 is 0. The number of hydrogen-bond acceptors (Lipinski definition) is 7. The number of rotatable bonds is 9. The van der Waals surface area contributed by atoms with Crippen LogP contribution in [-0.4, -0.2) is 44.7 Å². The molecule has 2 rings (SSSR count). The van der Waals surface area contributed by atoms with Crippen molar-refractivity contribution in [2.75, 3.05) is 18.6 Å². The number of carbonyl (C=O) groups is 2. The molecule has 0 aliphatic heterocycles. The monoisotopic (exact) mass is 442 g/mol. The quantitative estimate of drug-likeness (QED) is 0.452. The first kappa shape index (κ1) is 24.6. The van der Waals surface area contributed by atoms with E-state index < -0.39 is 11.7 Å². The molecule has 0 aliphatic rings. The molecular weight excluding hydrogens is 412 g/mol. The van der Waals surface area contributed by atoms with Crippen LogP contribution < -0.4 is 16.3 Å². The van der Waals surface area contributed by atoms with Crippen LogP contribution in [-0.2, 0) is 22.6 Å². The summed E-state index contributed by atoms with van der Waals surface area (Å²) < 4.78 is 6.39. The molecule has 10 nitrogen and oxygen atoms in total. The van der Waals surface area contributed by atoms with Crippen LogP contribution >= 0.6 is 0 Å². The van der Waals surface area contributed by atoms with Gasteiger partial charge in [0.25, 0.3) is 5.56 Å². The number of pyridine rings is 1. The fraction of sp³-hybridized carbons (Fsp3) is 0.409. The third-order valence-corrected chi connectivity index (χ3v) is 4.59. The zero-order chi connectivity index (χ0) is 23.8. The second-order valence-corrected chi connectivity index (χ2v) is 7.48. The second-order valence-electron chi connectivity index (χ2n) is 7.48. The maximum atomic E-state index is 12.9. The highest BCUT2D eigenvalue weighted by Crippen LogP contribution is 2.07. The number of aryl methyl sites for hydroxylation is 3. The van der Waals surface area contributed by atoms with Gasteiger partial charge < -0.3 is 10.1 Å². The molecule has 2 N–H and O–H groups in total. The van der Waals surface area contributed by atoms with Crippen molar-refractivity contribution in [2.24, 2.45) is 0 Å². The molecule has 172 valence electrons. The molecule has 2 amide bonds. The fourth-order valence-electron chi connectivity index (χ4n) is 2.78. The lowest BCUT2D eigenvalue weighted by Gasteiger charge is -2.22. The standard InChI is InChI=1S/C22H30N6O4/c1-7-28(22(31)32-13-14(2)3)26-20-21(30)27(16(5)10-24-20)12-19(29)23-11-18-9-8-15(4)25-17(18)6/h8-10H,2,7,11-13H2,1,3-6H3,(H,23,29)(H,24,26). The number of nitrogens with one attached hydrogen (secondary N) is 2. The van der Waals surface area contributed by atoms with Crippen LogP contribution in [0.4, 0.5) is 10.6 Å². The first-order valence-corrected chi connectivity index (χ1v) is 10.2. The van der Waals surface area contributed by atoms with Gasteiger partial charge >= 0.3 is 6.09 Å². The van der Waals surface area contributed by atoms with Gasteiger partial charge in [0.1, 0.15) is 13.2 Å². The van der Waals surface area contributed by atoms with E-state index >= 15 is 0 Å². The minimum Gasteiger partial charge on any atom is -0.444 e. The Kier molecular flexibility index (Phi) is 8.51. The topological polar surface area (TPSA) is 118 Å². The summed E-state index contributed by atoms with van der Waals surface area (Å²) in [7, 11) is 0. The van der Waals surface area contributed by atoms with E-state index in [0.717, 1.165) is 22.0 Å². The van der Waals surface area contributed by atoms with Crippen molar-refractivity contribution in [1.82, 2.24) is 24.9 Å². The van der Waals surface area contributed by atoms with E-state index in [-0.39, 0.29) is 31.4 Å². The van der Waals surface area contributed by atoms with Crippen molar-refractivity contribution < 1.29 is 14.3 Å². The third-order valence-electron chi connectivity index (χ3n) is 4.59. The molecule has 0 saturated carbocycles. The molecule has 2 aromatic rings. The molecule has 0 bridgehead atoms. The van der Waals surface area contributed by atoms with Gasteiger partial charge in [0, 0.05) is 36.4 Å². The number of aromatic nitrogens is 3. The summed E-state index contributed by atoms with van der Waals surface area (Å²) in [5, 5.41) is 3.93. The predicted molar refractivity (Wildman–Crippen MR) is 121 cm³/mol. The molecule has 0 fully saturated rings. The normalized spacial score (nSPS) is 10.4. The molecule has 2 aromatic heterocycles. The van der Waals surface area contributed by atoms with Gasteiger partial charge in [-0.1, -0.05) is 12.6 Å².